The summed E-state index contributed by atoms with van der Waals surface area (Å²) < 4.78 is 33.3. The highest BCUT2D eigenvalue weighted by atomic mass is 28.4. The zero-order valence-corrected chi connectivity index (χ0v) is 41.8. The lowest BCUT2D eigenvalue weighted by atomic mass is 9.85. The molecule has 1 aliphatic carbocycles. The number of hydrogen-bond acceptors (Lipinski definition) is 3. The van der Waals surface area contributed by atoms with Crippen LogP contribution in [0.2, 0.25) is 6.04 Å². The number of rotatable bonds is 29. The van der Waals surface area contributed by atoms with Gasteiger partial charge in [-0.15, -0.1) is 0 Å². The predicted octanol–water partition coefficient (Wildman–Crippen LogP) is 18.7. The molecule has 2 aliphatic rings. The number of fused-ring (bicyclic) bond motifs is 5. The molecular weight excluding hydrogens is 768 g/mol. The fourth-order valence-corrected chi connectivity index (χ4v) is 14.8. The SMILES string of the molecule is CCCCCCCCCCC1(OCC)CCCC[Si]1(OCC)OCC.CCCCCCCCCCCCCCCCC.FC1CCCc2c1ccc1c2ccc2ccccc21. The van der Waals surface area contributed by atoms with Crippen LogP contribution in [0.25, 0.3) is 21.5 Å². The minimum Gasteiger partial charge on any atom is -0.393 e. The van der Waals surface area contributed by atoms with Crippen LogP contribution in [-0.2, 0) is 20.0 Å². The van der Waals surface area contributed by atoms with E-state index < -0.39 is 14.7 Å². The Kier molecular flexibility index (Phi) is 28.8. The Bertz CT molecular complexity index is 1500. The molecule has 0 saturated carbocycles. The maximum absolute atomic E-state index is 14.0. The topological polar surface area (TPSA) is 27.7 Å². The summed E-state index contributed by atoms with van der Waals surface area (Å²) in [6.07, 6.45) is 39.4. The Balaban J connectivity index is 0.000000249. The Morgan fingerprint density at radius 2 is 1.03 bits per heavy atom. The van der Waals surface area contributed by atoms with Crippen LogP contribution >= 0.6 is 0 Å². The van der Waals surface area contributed by atoms with E-state index >= 15 is 0 Å². The minimum atomic E-state index is -2.29. The maximum Gasteiger partial charge on any atom is 0.371 e. The van der Waals surface area contributed by atoms with Gasteiger partial charge in [0.25, 0.3) is 0 Å². The van der Waals surface area contributed by atoms with Crippen molar-refractivity contribution in [3.8, 4) is 0 Å². The quantitative estimate of drug-likeness (QED) is 0.0395. The standard InChI is InChI=1S/C21H44O3Si.C18H15F.C17H36/c1-5-9-10-11-12-13-14-15-18-21(22-6-2)19-16-17-20-25(21,23-7-3)24-8-4;19-18-7-3-6-14-16-9-8-12-4-1-2-5-13(12)15(16)10-11-17(14)18;1-3-5-7-9-11-13-15-17-16-14-12-10-8-6-4-2/h5-20H2,1-4H3;1-2,4-5,8-11,18H,3,6-7H2;3-17H2,1-2H3. The van der Waals surface area contributed by atoms with E-state index in [1.165, 1.54) is 188 Å². The molecule has 3 aromatic rings. The van der Waals surface area contributed by atoms with Crippen molar-refractivity contribution in [3.05, 3.63) is 59.7 Å². The molecule has 5 rings (SSSR count). The van der Waals surface area contributed by atoms with Crippen molar-refractivity contribution in [1.29, 1.82) is 0 Å². The van der Waals surface area contributed by atoms with Gasteiger partial charge in [-0.2, -0.15) is 0 Å². The highest BCUT2D eigenvalue weighted by molar-refractivity contribution is 6.70. The molecule has 1 saturated heterocycles. The number of benzene rings is 3. The second-order valence-corrected chi connectivity index (χ2v) is 21.9. The van der Waals surface area contributed by atoms with Crippen molar-refractivity contribution >= 4 is 30.1 Å². The molecule has 3 nitrogen and oxygen atoms in total. The first kappa shape index (κ1) is 53.5. The molecule has 2 unspecified atom stereocenters. The van der Waals surface area contributed by atoms with Crippen LogP contribution in [0.1, 0.15) is 245 Å². The van der Waals surface area contributed by atoms with Crippen molar-refractivity contribution in [2.45, 2.75) is 252 Å². The number of alkyl halides is 1. The lowest BCUT2D eigenvalue weighted by Gasteiger charge is -2.49. The number of ether oxygens (including phenoxy) is 1. The number of unbranched alkanes of at least 4 members (excludes halogenated alkanes) is 21. The lowest BCUT2D eigenvalue weighted by Crippen LogP contribution is -2.66. The highest BCUT2D eigenvalue weighted by Gasteiger charge is 2.59. The average molecular weight is 863 g/mol. The van der Waals surface area contributed by atoms with Gasteiger partial charge < -0.3 is 13.6 Å². The van der Waals surface area contributed by atoms with Crippen molar-refractivity contribution < 1.29 is 18.0 Å². The van der Waals surface area contributed by atoms with Gasteiger partial charge in [-0.3, -0.25) is 0 Å². The summed E-state index contributed by atoms with van der Waals surface area (Å²) in [7, 11) is -2.29. The zero-order valence-electron chi connectivity index (χ0n) is 40.8. The molecule has 0 spiro atoms. The van der Waals surface area contributed by atoms with E-state index in [9.17, 15) is 4.39 Å². The van der Waals surface area contributed by atoms with Crippen LogP contribution in [-0.4, -0.2) is 33.6 Å². The first-order chi connectivity index (χ1) is 30.0. The summed E-state index contributed by atoms with van der Waals surface area (Å²) in [6.45, 7) is 15.5. The molecule has 5 heteroatoms. The van der Waals surface area contributed by atoms with Gasteiger partial charge in [-0.25, -0.2) is 4.39 Å². The second kappa shape index (κ2) is 32.8. The average Bonchev–Trinajstić information content (AvgIpc) is 3.28. The second-order valence-electron chi connectivity index (χ2n) is 18.4. The Hall–Kier alpha value is -1.79. The third-order valence-electron chi connectivity index (χ3n) is 13.6. The Morgan fingerprint density at radius 1 is 0.525 bits per heavy atom. The van der Waals surface area contributed by atoms with Crippen LogP contribution in [0.4, 0.5) is 4.39 Å². The third kappa shape index (κ3) is 18.3. The van der Waals surface area contributed by atoms with Crippen molar-refractivity contribution in [2.24, 2.45) is 0 Å². The maximum atomic E-state index is 14.0. The smallest absolute Gasteiger partial charge is 0.371 e. The molecule has 1 fully saturated rings. The lowest BCUT2D eigenvalue weighted by molar-refractivity contribution is -0.0468. The highest BCUT2D eigenvalue weighted by Crippen LogP contribution is 2.44. The predicted molar refractivity (Wildman–Crippen MR) is 268 cm³/mol. The Morgan fingerprint density at radius 3 is 1.56 bits per heavy atom. The monoisotopic (exact) mass is 863 g/mol. The molecule has 0 amide bonds. The fourth-order valence-electron chi connectivity index (χ4n) is 10.3. The van der Waals surface area contributed by atoms with E-state index in [1.54, 1.807) is 0 Å². The van der Waals surface area contributed by atoms with Crippen LogP contribution < -0.4 is 0 Å². The van der Waals surface area contributed by atoms with Crippen molar-refractivity contribution in [2.75, 3.05) is 19.8 Å². The molecule has 0 aromatic heterocycles. The van der Waals surface area contributed by atoms with Gasteiger partial charge in [0.1, 0.15) is 11.4 Å². The van der Waals surface area contributed by atoms with Gasteiger partial charge in [0.2, 0.25) is 0 Å². The summed E-state index contributed by atoms with van der Waals surface area (Å²) in [6, 6.07) is 17.9. The first-order valence-electron chi connectivity index (χ1n) is 26.4. The first-order valence-corrected chi connectivity index (χ1v) is 28.5. The van der Waals surface area contributed by atoms with Gasteiger partial charge >= 0.3 is 8.56 Å². The molecule has 2 atom stereocenters. The summed E-state index contributed by atoms with van der Waals surface area (Å²) in [5, 5.41) is 4.89. The van der Waals surface area contributed by atoms with Crippen molar-refractivity contribution in [3.63, 3.8) is 0 Å². The van der Waals surface area contributed by atoms with Crippen LogP contribution in [0.3, 0.4) is 0 Å². The van der Waals surface area contributed by atoms with E-state index in [0.717, 1.165) is 57.1 Å². The summed E-state index contributed by atoms with van der Waals surface area (Å²) in [5.41, 5.74) is 2.14. The fraction of sp³-hybridized carbons (Fsp3) is 0.750. The van der Waals surface area contributed by atoms with Gasteiger partial charge in [0.05, 0.1) is 0 Å². The molecule has 0 bridgehead atoms. The van der Waals surface area contributed by atoms with E-state index in [-0.39, 0.29) is 5.22 Å². The van der Waals surface area contributed by atoms with Crippen LogP contribution in [0.15, 0.2) is 48.5 Å². The minimum absolute atomic E-state index is 0.117. The molecule has 61 heavy (non-hydrogen) atoms. The molecule has 1 aliphatic heterocycles. The molecule has 3 aromatic carbocycles. The Labute approximate surface area is 377 Å². The molecule has 348 valence electrons. The van der Waals surface area contributed by atoms with E-state index in [4.69, 9.17) is 13.6 Å². The largest absolute Gasteiger partial charge is 0.393 e. The van der Waals surface area contributed by atoms with Crippen LogP contribution in [0.5, 0.6) is 0 Å². The summed E-state index contributed by atoms with van der Waals surface area (Å²) in [4.78, 5) is 0. The molecule has 0 N–H and O–H groups in total. The van der Waals surface area contributed by atoms with E-state index in [2.05, 4.69) is 84.0 Å². The number of aryl methyl sites for hydroxylation is 1. The molecule has 1 heterocycles. The number of halogens is 1. The normalized spacial score (nSPS) is 18.3. The third-order valence-corrected chi connectivity index (χ3v) is 18.2. The van der Waals surface area contributed by atoms with E-state index in [0.29, 0.717) is 6.42 Å². The van der Waals surface area contributed by atoms with Crippen molar-refractivity contribution in [1.82, 2.24) is 0 Å². The van der Waals surface area contributed by atoms with Crippen LogP contribution in [0, 0.1) is 0 Å². The number of hydrogen-bond donors (Lipinski definition) is 0. The van der Waals surface area contributed by atoms with Gasteiger partial charge in [-0.1, -0.05) is 230 Å². The van der Waals surface area contributed by atoms with E-state index in [1.807, 2.05) is 6.07 Å². The molecule has 0 radical (unpaired) electrons. The molecular formula is C56H95FO3Si. The van der Waals surface area contributed by atoms with Gasteiger partial charge in [-0.05, 0) is 91.6 Å². The summed E-state index contributed by atoms with van der Waals surface area (Å²) in [5.74, 6) is 0. The zero-order chi connectivity index (χ0) is 43.9. The van der Waals surface area contributed by atoms with Gasteiger partial charge in [0.15, 0.2) is 0 Å². The summed E-state index contributed by atoms with van der Waals surface area (Å²) >= 11 is 0. The van der Waals surface area contributed by atoms with Gasteiger partial charge in [0, 0.05) is 19.8 Å².